The molecule has 2 rings (SSSR count). The highest BCUT2D eigenvalue weighted by atomic mass is 35.5. The lowest BCUT2D eigenvalue weighted by Crippen LogP contribution is -2.18. The molecule has 0 N–H and O–H groups in total. The molecule has 0 aliphatic heterocycles. The first kappa shape index (κ1) is 15.1. The maximum absolute atomic E-state index is 13.3. The third kappa shape index (κ3) is 3.23. The van der Waals surface area contributed by atoms with E-state index >= 15 is 0 Å². The number of hydrogen-bond donors (Lipinski definition) is 0. The summed E-state index contributed by atoms with van der Waals surface area (Å²) < 4.78 is 52.4. The number of fused-ring (bicyclic) bond motifs is 1. The van der Waals surface area contributed by atoms with Gasteiger partial charge in [0.2, 0.25) is 0 Å². The van der Waals surface area contributed by atoms with Gasteiger partial charge in [-0.2, -0.15) is 13.2 Å². The first-order valence-electron chi connectivity index (χ1n) is 6.11. The van der Waals surface area contributed by atoms with Gasteiger partial charge in [-0.3, -0.25) is 0 Å². The van der Waals surface area contributed by atoms with Crippen LogP contribution < -0.4 is 0 Å². The third-order valence-electron chi connectivity index (χ3n) is 3.01. The van der Waals surface area contributed by atoms with Crippen molar-refractivity contribution in [1.82, 2.24) is 9.55 Å². The largest absolute Gasteiger partial charge is 0.391 e. The molecule has 1 unspecified atom stereocenters. The molecule has 1 aromatic heterocycles. The van der Waals surface area contributed by atoms with Gasteiger partial charge in [-0.15, -0.1) is 11.6 Å². The van der Waals surface area contributed by atoms with Crippen LogP contribution in [-0.4, -0.2) is 21.6 Å². The van der Waals surface area contributed by atoms with Crippen LogP contribution in [0.2, 0.25) is 0 Å². The van der Waals surface area contributed by atoms with Crippen molar-refractivity contribution < 1.29 is 17.6 Å². The second-order valence-electron chi connectivity index (χ2n) is 4.64. The number of rotatable bonds is 4. The van der Waals surface area contributed by atoms with Crippen LogP contribution in [0.3, 0.4) is 0 Å². The van der Waals surface area contributed by atoms with Crippen molar-refractivity contribution in [1.29, 1.82) is 0 Å². The summed E-state index contributed by atoms with van der Waals surface area (Å²) in [5.41, 5.74) is 0.836. The van der Waals surface area contributed by atoms with Crippen molar-refractivity contribution in [3.8, 4) is 0 Å². The highest BCUT2D eigenvalue weighted by Crippen LogP contribution is 2.31. The van der Waals surface area contributed by atoms with E-state index in [4.69, 9.17) is 11.6 Å². The predicted molar refractivity (Wildman–Crippen MR) is 69.5 cm³/mol. The summed E-state index contributed by atoms with van der Waals surface area (Å²) in [6.07, 6.45) is -4.95. The molecule has 110 valence electrons. The Morgan fingerprint density at radius 1 is 1.35 bits per heavy atom. The van der Waals surface area contributed by atoms with Crippen molar-refractivity contribution in [2.45, 2.75) is 32.0 Å². The van der Waals surface area contributed by atoms with E-state index in [2.05, 4.69) is 4.98 Å². The molecule has 1 heterocycles. The minimum atomic E-state index is -4.29. The van der Waals surface area contributed by atoms with Gasteiger partial charge < -0.3 is 4.57 Å². The number of alkyl halides is 4. The van der Waals surface area contributed by atoms with Gasteiger partial charge in [0.1, 0.15) is 11.6 Å². The Morgan fingerprint density at radius 3 is 2.65 bits per heavy atom. The molecule has 2 nitrogen and oxygen atoms in total. The molecule has 0 aliphatic rings. The van der Waals surface area contributed by atoms with E-state index in [1.165, 1.54) is 29.7 Å². The fraction of sp³-hybridized carbons (Fsp3) is 0.462. The minimum Gasteiger partial charge on any atom is -0.325 e. The number of nitrogens with zero attached hydrogens (tertiary/aromatic N) is 2. The molecular formula is C13H13ClF4N2. The van der Waals surface area contributed by atoms with Gasteiger partial charge in [0.05, 0.1) is 17.5 Å². The van der Waals surface area contributed by atoms with E-state index < -0.39 is 24.5 Å². The fourth-order valence-electron chi connectivity index (χ4n) is 2.29. The van der Waals surface area contributed by atoms with Crippen molar-refractivity contribution in [3.63, 3.8) is 0 Å². The zero-order chi connectivity index (χ0) is 14.9. The minimum absolute atomic E-state index is 0.241. The number of hydrogen-bond acceptors (Lipinski definition) is 1. The smallest absolute Gasteiger partial charge is 0.325 e. The van der Waals surface area contributed by atoms with Crippen LogP contribution in [0.1, 0.15) is 25.2 Å². The Bertz CT molecular complexity index is 606. The van der Waals surface area contributed by atoms with Crippen molar-refractivity contribution in [2.24, 2.45) is 0 Å². The van der Waals surface area contributed by atoms with Crippen molar-refractivity contribution >= 4 is 22.6 Å². The van der Waals surface area contributed by atoms with E-state index in [1.54, 1.807) is 0 Å². The monoisotopic (exact) mass is 308 g/mol. The van der Waals surface area contributed by atoms with Gasteiger partial charge >= 0.3 is 6.18 Å². The molecule has 7 heteroatoms. The Hall–Kier alpha value is -1.30. The van der Waals surface area contributed by atoms with E-state index in [0.717, 1.165) is 0 Å². The third-order valence-corrected chi connectivity index (χ3v) is 3.20. The number of aromatic nitrogens is 2. The molecule has 20 heavy (non-hydrogen) atoms. The van der Waals surface area contributed by atoms with Gasteiger partial charge in [0.25, 0.3) is 0 Å². The van der Waals surface area contributed by atoms with Gasteiger partial charge in [0.15, 0.2) is 0 Å². The lowest BCUT2D eigenvalue weighted by molar-refractivity contribution is -0.141. The Labute approximate surface area is 118 Å². The zero-order valence-electron chi connectivity index (χ0n) is 10.7. The lowest BCUT2D eigenvalue weighted by atomic mass is 10.2. The van der Waals surface area contributed by atoms with Gasteiger partial charge in [-0.1, -0.05) is 0 Å². The van der Waals surface area contributed by atoms with Crippen LogP contribution in [0.15, 0.2) is 18.2 Å². The molecule has 0 saturated carbocycles. The predicted octanol–water partition coefficient (Wildman–Crippen LogP) is 4.47. The SMILES string of the molecule is CC(CC(F)(F)F)n1c(CCCl)nc2ccc(F)cc21. The zero-order valence-corrected chi connectivity index (χ0v) is 11.5. The standard InChI is InChI=1S/C13H13ClF4N2/c1-8(7-13(16,17)18)20-11-6-9(15)2-3-10(11)19-12(20)4-5-14/h2-3,6,8H,4-5,7H2,1H3. The number of imidazole rings is 1. The molecule has 0 saturated heterocycles. The molecule has 0 fully saturated rings. The van der Waals surface area contributed by atoms with Crippen LogP contribution in [0.5, 0.6) is 0 Å². The number of halogens is 5. The summed E-state index contributed by atoms with van der Waals surface area (Å²) >= 11 is 5.66. The topological polar surface area (TPSA) is 17.8 Å². The average molecular weight is 309 g/mol. The fourth-order valence-corrected chi connectivity index (χ4v) is 2.46. The van der Waals surface area contributed by atoms with Gasteiger partial charge in [0, 0.05) is 18.3 Å². The van der Waals surface area contributed by atoms with Crippen LogP contribution >= 0.6 is 11.6 Å². The summed E-state index contributed by atoms with van der Waals surface area (Å²) in [7, 11) is 0. The molecule has 0 spiro atoms. The molecule has 0 bridgehead atoms. The average Bonchev–Trinajstić information content (AvgIpc) is 2.64. The second kappa shape index (κ2) is 5.60. The first-order chi connectivity index (χ1) is 9.31. The molecule has 1 atom stereocenters. The molecular weight excluding hydrogens is 296 g/mol. The Kier molecular flexibility index (Phi) is 4.22. The highest BCUT2D eigenvalue weighted by molar-refractivity contribution is 6.17. The van der Waals surface area contributed by atoms with Crippen molar-refractivity contribution in [3.05, 3.63) is 29.8 Å². The van der Waals surface area contributed by atoms with Crippen LogP contribution in [-0.2, 0) is 6.42 Å². The van der Waals surface area contributed by atoms with Crippen LogP contribution in [0.4, 0.5) is 17.6 Å². The second-order valence-corrected chi connectivity index (χ2v) is 5.02. The quantitative estimate of drug-likeness (QED) is 0.602. The van der Waals surface area contributed by atoms with E-state index in [-0.39, 0.29) is 5.88 Å². The molecule has 0 amide bonds. The lowest BCUT2D eigenvalue weighted by Gasteiger charge is -2.19. The van der Waals surface area contributed by atoms with Crippen LogP contribution in [0.25, 0.3) is 11.0 Å². The van der Waals surface area contributed by atoms with Crippen LogP contribution in [0, 0.1) is 5.82 Å². The Balaban J connectivity index is 2.52. The summed E-state index contributed by atoms with van der Waals surface area (Å²) in [5, 5.41) is 0. The van der Waals surface area contributed by atoms with Gasteiger partial charge in [-0.05, 0) is 25.1 Å². The number of aryl methyl sites for hydroxylation is 1. The summed E-state index contributed by atoms with van der Waals surface area (Å²) in [5.74, 6) is 0.178. The summed E-state index contributed by atoms with van der Waals surface area (Å²) in [6.45, 7) is 1.44. The van der Waals surface area contributed by atoms with Gasteiger partial charge in [-0.25, -0.2) is 9.37 Å². The molecule has 2 aromatic rings. The highest BCUT2D eigenvalue weighted by Gasteiger charge is 2.32. The number of benzene rings is 1. The first-order valence-corrected chi connectivity index (χ1v) is 6.64. The maximum Gasteiger partial charge on any atom is 0.391 e. The molecule has 0 radical (unpaired) electrons. The van der Waals surface area contributed by atoms with E-state index in [0.29, 0.717) is 23.3 Å². The summed E-state index contributed by atoms with van der Waals surface area (Å²) in [6, 6.07) is 3.03. The molecule has 1 aromatic carbocycles. The normalized spacial score (nSPS) is 13.9. The maximum atomic E-state index is 13.3. The summed E-state index contributed by atoms with van der Waals surface area (Å²) in [4.78, 5) is 4.24. The van der Waals surface area contributed by atoms with E-state index in [1.807, 2.05) is 0 Å². The van der Waals surface area contributed by atoms with Crippen molar-refractivity contribution in [2.75, 3.05) is 5.88 Å². The molecule has 0 aliphatic carbocycles. The Morgan fingerprint density at radius 2 is 2.05 bits per heavy atom. The van der Waals surface area contributed by atoms with E-state index in [9.17, 15) is 17.6 Å².